The lowest BCUT2D eigenvalue weighted by molar-refractivity contribution is -0.137. The SMILES string of the molecule is CN1CC2(C1)CN(c1ccc(Nc3ncc(C(F)(F)F)c(-c4cc5c(s4)C(=O)N(C4COC4)CCS5(=O)=O)n3)c(C3CC3)c1)CCN2. The number of piperazine rings is 1. The average Bonchev–Trinajstić information content (AvgIpc) is 3.74. The molecule has 3 aromatic rings. The van der Waals surface area contributed by atoms with Crippen molar-refractivity contribution < 1.29 is 31.1 Å². The smallest absolute Gasteiger partial charge is 0.377 e. The monoisotopic (exact) mass is 689 g/mol. The number of thiophene rings is 1. The summed E-state index contributed by atoms with van der Waals surface area (Å²) in [6.07, 6.45) is -2.07. The van der Waals surface area contributed by atoms with Crippen LogP contribution in [0.5, 0.6) is 0 Å². The zero-order valence-electron chi connectivity index (χ0n) is 25.6. The number of sulfone groups is 1. The lowest BCUT2D eigenvalue weighted by Crippen LogP contribution is -2.75. The van der Waals surface area contributed by atoms with E-state index in [0.29, 0.717) is 29.1 Å². The predicted molar refractivity (Wildman–Crippen MR) is 170 cm³/mol. The second-order valence-corrected chi connectivity index (χ2v) is 16.4. The molecule has 1 saturated carbocycles. The molecule has 0 atom stereocenters. The van der Waals surface area contributed by atoms with Crippen molar-refractivity contribution in [3.8, 4) is 10.6 Å². The highest BCUT2D eigenvalue weighted by molar-refractivity contribution is 7.91. The Labute approximate surface area is 274 Å². The van der Waals surface area contributed by atoms with E-state index >= 15 is 0 Å². The van der Waals surface area contributed by atoms with Gasteiger partial charge < -0.3 is 30.1 Å². The number of alkyl halides is 3. The molecule has 8 rings (SSSR count). The highest BCUT2D eigenvalue weighted by Gasteiger charge is 2.44. The van der Waals surface area contributed by atoms with Gasteiger partial charge in [-0.2, -0.15) is 13.2 Å². The molecule has 2 aromatic heterocycles. The van der Waals surface area contributed by atoms with Gasteiger partial charge in [-0.25, -0.2) is 18.4 Å². The molecule has 0 bridgehead atoms. The van der Waals surface area contributed by atoms with Gasteiger partial charge in [0.15, 0.2) is 9.84 Å². The van der Waals surface area contributed by atoms with Gasteiger partial charge in [0.2, 0.25) is 5.95 Å². The zero-order valence-corrected chi connectivity index (χ0v) is 27.3. The second kappa shape index (κ2) is 11.1. The highest BCUT2D eigenvalue weighted by atomic mass is 32.2. The maximum Gasteiger partial charge on any atom is 0.420 e. The number of carbonyl (C=O) groups excluding carboxylic acids is 1. The summed E-state index contributed by atoms with van der Waals surface area (Å²) in [5.74, 6) is -0.577. The number of benzene rings is 1. The van der Waals surface area contributed by atoms with E-state index < -0.39 is 33.2 Å². The normalized spacial score (nSPS) is 22.9. The molecule has 4 aliphatic heterocycles. The molecule has 0 unspecified atom stereocenters. The highest BCUT2D eigenvalue weighted by Crippen LogP contribution is 2.46. The minimum absolute atomic E-state index is 0.00369. The third-order valence-corrected chi connectivity index (χ3v) is 12.6. The van der Waals surface area contributed by atoms with Crippen LogP contribution >= 0.6 is 11.3 Å². The van der Waals surface area contributed by atoms with Crippen LogP contribution in [0.3, 0.4) is 0 Å². The maximum absolute atomic E-state index is 14.3. The molecule has 1 amide bonds. The first-order valence-electron chi connectivity index (χ1n) is 15.7. The van der Waals surface area contributed by atoms with Gasteiger partial charge in [-0.3, -0.25) is 4.79 Å². The fourth-order valence-electron chi connectivity index (χ4n) is 7.11. The number of hydrogen-bond acceptors (Lipinski definition) is 11. The van der Waals surface area contributed by atoms with Crippen molar-refractivity contribution in [2.75, 3.05) is 75.5 Å². The minimum atomic E-state index is -4.82. The van der Waals surface area contributed by atoms with E-state index in [-0.39, 0.29) is 57.7 Å². The number of ether oxygens (including phenoxy) is 1. The lowest BCUT2D eigenvalue weighted by Gasteiger charge is -2.54. The standard InChI is InChI=1S/C31H34F3N7O4S2/c1-39-15-30(16-39)17-40(7-6-36-30)19-4-5-23(21(10-19)18-2-3-18)37-29-35-12-22(31(32,33)34)26(38-29)24-11-25-27(46-24)28(42)41(20-13-45-14-20)8-9-47(25,43)44/h4-5,10-12,18,20,36H,2-3,6-9,13-17H2,1H3,(H,35,37,38). The molecule has 16 heteroatoms. The fraction of sp³-hybridized carbons (Fsp3) is 0.516. The summed E-state index contributed by atoms with van der Waals surface area (Å²) in [7, 11) is -1.82. The fourth-order valence-corrected chi connectivity index (χ4v) is 10.0. The summed E-state index contributed by atoms with van der Waals surface area (Å²) in [5, 5.41) is 6.84. The van der Waals surface area contributed by atoms with E-state index in [9.17, 15) is 26.4 Å². The van der Waals surface area contributed by atoms with Crippen molar-refractivity contribution in [3.05, 3.63) is 46.5 Å². The van der Waals surface area contributed by atoms with E-state index in [1.165, 1.54) is 4.90 Å². The summed E-state index contributed by atoms with van der Waals surface area (Å²) in [4.78, 5) is 27.5. The quantitative estimate of drug-likeness (QED) is 0.398. The van der Waals surface area contributed by atoms with E-state index in [4.69, 9.17) is 4.74 Å². The third kappa shape index (κ3) is 5.67. The first kappa shape index (κ1) is 31.0. The van der Waals surface area contributed by atoms with Gasteiger partial charge in [0.05, 0.1) is 46.0 Å². The van der Waals surface area contributed by atoms with Crippen LogP contribution in [0, 0.1) is 0 Å². The summed E-state index contributed by atoms with van der Waals surface area (Å²) in [6, 6.07) is 7.00. The molecule has 4 fully saturated rings. The van der Waals surface area contributed by atoms with Gasteiger partial charge in [0.25, 0.3) is 5.91 Å². The van der Waals surface area contributed by atoms with Crippen molar-refractivity contribution in [1.29, 1.82) is 0 Å². The largest absolute Gasteiger partial charge is 0.420 e. The first-order valence-corrected chi connectivity index (χ1v) is 18.2. The number of nitrogens with zero attached hydrogens (tertiary/aromatic N) is 5. The van der Waals surface area contributed by atoms with Crippen LogP contribution in [-0.4, -0.2) is 111 Å². The maximum atomic E-state index is 14.3. The molecule has 3 saturated heterocycles. The van der Waals surface area contributed by atoms with E-state index in [1.807, 2.05) is 12.1 Å². The molecule has 11 nitrogen and oxygen atoms in total. The molecule has 1 spiro atoms. The first-order chi connectivity index (χ1) is 22.4. The molecule has 6 heterocycles. The molecule has 5 aliphatic rings. The predicted octanol–water partition coefficient (Wildman–Crippen LogP) is 3.57. The van der Waals surface area contributed by atoms with Crippen molar-refractivity contribution in [2.45, 2.75) is 41.4 Å². The number of rotatable bonds is 6. The molecule has 0 radical (unpaired) electrons. The Morgan fingerprint density at radius 2 is 1.91 bits per heavy atom. The Kier molecular flexibility index (Phi) is 7.33. The van der Waals surface area contributed by atoms with Crippen LogP contribution in [0.4, 0.5) is 30.5 Å². The third-order valence-electron chi connectivity index (χ3n) is 9.66. The molecular formula is C31H34F3N7O4S2. The van der Waals surface area contributed by atoms with Crippen molar-refractivity contribution in [2.24, 2.45) is 0 Å². The average molecular weight is 690 g/mol. The summed E-state index contributed by atoms with van der Waals surface area (Å²) in [6.45, 7) is 5.22. The summed E-state index contributed by atoms with van der Waals surface area (Å²) in [5.41, 5.74) is 1.38. The molecule has 250 valence electrons. The zero-order chi connectivity index (χ0) is 32.7. The molecule has 1 aliphatic carbocycles. The van der Waals surface area contributed by atoms with Crippen LogP contribution in [0.1, 0.15) is 39.6 Å². The van der Waals surface area contributed by atoms with Gasteiger partial charge in [-0.15, -0.1) is 11.3 Å². The number of nitrogens with one attached hydrogen (secondary N) is 2. The van der Waals surface area contributed by atoms with Gasteiger partial charge in [0.1, 0.15) is 10.4 Å². The number of hydrogen-bond donors (Lipinski definition) is 2. The number of likely N-dealkylation sites (tertiary alicyclic amines) is 1. The Morgan fingerprint density at radius 3 is 2.60 bits per heavy atom. The van der Waals surface area contributed by atoms with Crippen LogP contribution in [-0.2, 0) is 20.8 Å². The molecule has 47 heavy (non-hydrogen) atoms. The summed E-state index contributed by atoms with van der Waals surface area (Å²) >= 11 is 0.713. The molecule has 1 aromatic carbocycles. The second-order valence-electron chi connectivity index (χ2n) is 13.2. The van der Waals surface area contributed by atoms with Gasteiger partial charge in [0, 0.05) is 56.8 Å². The number of amides is 1. The number of aromatic nitrogens is 2. The van der Waals surface area contributed by atoms with E-state index in [2.05, 4.69) is 43.5 Å². The van der Waals surface area contributed by atoms with Crippen LogP contribution < -0.4 is 15.5 Å². The number of likely N-dealkylation sites (N-methyl/N-ethyl adjacent to an activating group) is 1. The molecular weight excluding hydrogens is 656 g/mol. The van der Waals surface area contributed by atoms with Crippen LogP contribution in [0.2, 0.25) is 0 Å². The van der Waals surface area contributed by atoms with E-state index in [0.717, 1.165) is 62.9 Å². The topological polar surface area (TPSA) is 120 Å². The van der Waals surface area contributed by atoms with Gasteiger partial charge in [-0.1, -0.05) is 0 Å². The number of anilines is 3. The Hall–Kier alpha value is -3.31. The number of fused-ring (bicyclic) bond motifs is 1. The van der Waals surface area contributed by atoms with Crippen LogP contribution in [0.15, 0.2) is 35.4 Å². The Balaban J connectivity index is 1.13. The summed E-state index contributed by atoms with van der Waals surface area (Å²) < 4.78 is 74.4. The van der Waals surface area contributed by atoms with Gasteiger partial charge >= 0.3 is 6.18 Å². The molecule has 2 N–H and O–H groups in total. The lowest BCUT2D eigenvalue weighted by atomic mass is 9.87. The van der Waals surface area contributed by atoms with Crippen molar-refractivity contribution >= 4 is 44.4 Å². The minimum Gasteiger partial charge on any atom is -0.377 e. The van der Waals surface area contributed by atoms with Gasteiger partial charge in [-0.05, 0) is 55.6 Å². The van der Waals surface area contributed by atoms with Crippen molar-refractivity contribution in [1.82, 2.24) is 25.1 Å². The van der Waals surface area contributed by atoms with Crippen molar-refractivity contribution in [3.63, 3.8) is 0 Å². The Morgan fingerprint density at radius 1 is 1.13 bits per heavy atom. The van der Waals surface area contributed by atoms with Crippen LogP contribution in [0.25, 0.3) is 10.6 Å². The number of carbonyl (C=O) groups is 1. The van der Waals surface area contributed by atoms with E-state index in [1.54, 1.807) is 0 Å². The number of halogens is 3. The Bertz CT molecular complexity index is 1850.